The molecule has 0 saturated carbocycles. The van der Waals surface area contributed by atoms with Crippen LogP contribution in [0, 0.1) is 12.8 Å². The minimum absolute atomic E-state index is 0.609. The average molecular weight is 251 g/mol. The van der Waals surface area contributed by atoms with Crippen LogP contribution in [-0.4, -0.2) is 34.0 Å². The molecule has 0 radical (unpaired) electrons. The van der Waals surface area contributed by atoms with E-state index < -0.39 is 0 Å². The average Bonchev–Trinajstić information content (AvgIpc) is 2.90. The highest BCUT2D eigenvalue weighted by molar-refractivity contribution is 5.60. The van der Waals surface area contributed by atoms with Crippen molar-refractivity contribution >= 4 is 5.69 Å². The number of nitrogens with one attached hydrogen (secondary N) is 1. The van der Waals surface area contributed by atoms with Gasteiger partial charge in [-0.25, -0.2) is 0 Å². The summed E-state index contributed by atoms with van der Waals surface area (Å²) < 4.78 is 16.0. The first-order valence-electron chi connectivity index (χ1n) is 6.29. The maximum atomic E-state index is 5.37. The van der Waals surface area contributed by atoms with E-state index in [-0.39, 0.29) is 0 Å². The summed E-state index contributed by atoms with van der Waals surface area (Å²) in [6, 6.07) is 3.98. The van der Waals surface area contributed by atoms with Crippen molar-refractivity contribution in [3.8, 4) is 11.5 Å². The molecule has 4 nitrogen and oxygen atoms in total. The van der Waals surface area contributed by atoms with Gasteiger partial charge in [-0.3, -0.25) is 0 Å². The maximum absolute atomic E-state index is 5.37. The first-order valence-corrected chi connectivity index (χ1v) is 6.29. The van der Waals surface area contributed by atoms with Gasteiger partial charge in [-0.05, 0) is 25.0 Å². The van der Waals surface area contributed by atoms with E-state index in [0.29, 0.717) is 5.92 Å². The van der Waals surface area contributed by atoms with Gasteiger partial charge in [-0.15, -0.1) is 0 Å². The largest absolute Gasteiger partial charge is 0.493 e. The Morgan fingerprint density at radius 2 is 2.00 bits per heavy atom. The topological polar surface area (TPSA) is 39.7 Å². The van der Waals surface area contributed by atoms with E-state index in [0.717, 1.165) is 48.9 Å². The fourth-order valence-electron chi connectivity index (χ4n) is 2.17. The highest BCUT2D eigenvalue weighted by atomic mass is 16.5. The SMILES string of the molecule is COc1cc(C)c(NCC2CCOC2)cc1OC. The second kappa shape index (κ2) is 5.96. The molecule has 1 aliphatic heterocycles. The van der Waals surface area contributed by atoms with Crippen LogP contribution in [0.15, 0.2) is 12.1 Å². The highest BCUT2D eigenvalue weighted by Crippen LogP contribution is 2.33. The van der Waals surface area contributed by atoms with Gasteiger partial charge in [0.2, 0.25) is 0 Å². The number of rotatable bonds is 5. The lowest BCUT2D eigenvalue weighted by molar-refractivity contribution is 0.187. The van der Waals surface area contributed by atoms with Crippen LogP contribution in [0.4, 0.5) is 5.69 Å². The maximum Gasteiger partial charge on any atom is 0.162 e. The zero-order chi connectivity index (χ0) is 13.0. The lowest BCUT2D eigenvalue weighted by Gasteiger charge is -2.16. The van der Waals surface area contributed by atoms with Crippen molar-refractivity contribution in [2.75, 3.05) is 39.3 Å². The fraction of sp³-hybridized carbons (Fsp3) is 0.571. The molecule has 1 aromatic carbocycles. The molecule has 1 aliphatic rings. The Labute approximate surface area is 108 Å². The van der Waals surface area contributed by atoms with Gasteiger partial charge in [-0.2, -0.15) is 0 Å². The number of hydrogen-bond acceptors (Lipinski definition) is 4. The minimum Gasteiger partial charge on any atom is -0.493 e. The summed E-state index contributed by atoms with van der Waals surface area (Å²) in [5.41, 5.74) is 2.26. The zero-order valence-corrected chi connectivity index (χ0v) is 11.3. The Morgan fingerprint density at radius 3 is 2.61 bits per heavy atom. The van der Waals surface area contributed by atoms with Crippen LogP contribution in [0.3, 0.4) is 0 Å². The second-order valence-electron chi connectivity index (χ2n) is 4.63. The molecule has 0 aliphatic carbocycles. The molecule has 1 fully saturated rings. The summed E-state index contributed by atoms with van der Waals surface area (Å²) in [5.74, 6) is 2.13. The monoisotopic (exact) mass is 251 g/mol. The molecule has 1 heterocycles. The third-order valence-corrected chi connectivity index (χ3v) is 3.34. The van der Waals surface area contributed by atoms with Crippen molar-refractivity contribution in [3.63, 3.8) is 0 Å². The predicted octanol–water partition coefficient (Wildman–Crippen LogP) is 2.46. The summed E-state index contributed by atoms with van der Waals surface area (Å²) in [7, 11) is 3.31. The lowest BCUT2D eigenvalue weighted by Crippen LogP contribution is -2.14. The van der Waals surface area contributed by atoms with E-state index in [9.17, 15) is 0 Å². The number of hydrogen-bond donors (Lipinski definition) is 1. The molecular weight excluding hydrogens is 230 g/mol. The van der Waals surface area contributed by atoms with Gasteiger partial charge >= 0.3 is 0 Å². The van der Waals surface area contributed by atoms with Crippen LogP contribution in [-0.2, 0) is 4.74 Å². The molecular formula is C14H21NO3. The summed E-state index contributed by atoms with van der Waals surface area (Å²) >= 11 is 0. The zero-order valence-electron chi connectivity index (χ0n) is 11.3. The van der Waals surface area contributed by atoms with E-state index in [4.69, 9.17) is 14.2 Å². The standard InChI is InChI=1S/C14H21NO3/c1-10-6-13(16-2)14(17-3)7-12(10)15-8-11-4-5-18-9-11/h6-7,11,15H,4-5,8-9H2,1-3H3. The van der Waals surface area contributed by atoms with E-state index >= 15 is 0 Å². The molecule has 1 atom stereocenters. The van der Waals surface area contributed by atoms with Crippen LogP contribution in [0.25, 0.3) is 0 Å². The van der Waals surface area contributed by atoms with Gasteiger partial charge in [0.1, 0.15) is 0 Å². The molecule has 100 valence electrons. The Bertz CT molecular complexity index is 400. The molecule has 1 unspecified atom stereocenters. The Morgan fingerprint density at radius 1 is 1.28 bits per heavy atom. The Kier molecular flexibility index (Phi) is 4.31. The quantitative estimate of drug-likeness (QED) is 0.872. The number of aryl methyl sites for hydroxylation is 1. The van der Waals surface area contributed by atoms with Crippen molar-refractivity contribution in [2.45, 2.75) is 13.3 Å². The van der Waals surface area contributed by atoms with Crippen LogP contribution in [0.1, 0.15) is 12.0 Å². The minimum atomic E-state index is 0.609. The van der Waals surface area contributed by atoms with E-state index in [1.165, 1.54) is 0 Å². The molecule has 4 heteroatoms. The van der Waals surface area contributed by atoms with Gasteiger partial charge < -0.3 is 19.5 Å². The van der Waals surface area contributed by atoms with E-state index in [1.54, 1.807) is 14.2 Å². The number of benzene rings is 1. The van der Waals surface area contributed by atoms with Gasteiger partial charge in [0.05, 0.1) is 20.8 Å². The predicted molar refractivity (Wildman–Crippen MR) is 71.7 cm³/mol. The van der Waals surface area contributed by atoms with Crippen LogP contribution in [0.5, 0.6) is 11.5 Å². The summed E-state index contributed by atoms with van der Waals surface area (Å²) in [6.07, 6.45) is 1.14. The lowest BCUT2D eigenvalue weighted by atomic mass is 10.1. The van der Waals surface area contributed by atoms with Gasteiger partial charge in [0.25, 0.3) is 0 Å². The van der Waals surface area contributed by atoms with Crippen LogP contribution >= 0.6 is 0 Å². The molecule has 2 rings (SSSR count). The summed E-state index contributed by atoms with van der Waals surface area (Å²) in [4.78, 5) is 0. The molecule has 18 heavy (non-hydrogen) atoms. The first kappa shape index (κ1) is 13.0. The molecule has 0 bridgehead atoms. The number of methoxy groups -OCH3 is 2. The molecule has 1 N–H and O–H groups in total. The van der Waals surface area contributed by atoms with Crippen molar-refractivity contribution in [2.24, 2.45) is 5.92 Å². The second-order valence-corrected chi connectivity index (χ2v) is 4.63. The van der Waals surface area contributed by atoms with Crippen molar-refractivity contribution < 1.29 is 14.2 Å². The van der Waals surface area contributed by atoms with E-state index in [1.807, 2.05) is 12.1 Å². The Balaban J connectivity index is 2.06. The first-order chi connectivity index (χ1) is 8.74. The summed E-state index contributed by atoms with van der Waals surface area (Å²) in [5, 5.41) is 3.47. The van der Waals surface area contributed by atoms with Crippen molar-refractivity contribution in [3.05, 3.63) is 17.7 Å². The summed E-state index contributed by atoms with van der Waals surface area (Å²) in [6.45, 7) is 4.75. The smallest absolute Gasteiger partial charge is 0.162 e. The number of ether oxygens (including phenoxy) is 3. The van der Waals surface area contributed by atoms with Crippen LogP contribution < -0.4 is 14.8 Å². The van der Waals surface area contributed by atoms with Crippen LogP contribution in [0.2, 0.25) is 0 Å². The van der Waals surface area contributed by atoms with E-state index in [2.05, 4.69) is 12.2 Å². The van der Waals surface area contributed by atoms with Crippen molar-refractivity contribution in [1.29, 1.82) is 0 Å². The molecule has 1 saturated heterocycles. The molecule has 1 aromatic rings. The Hall–Kier alpha value is -1.42. The highest BCUT2D eigenvalue weighted by Gasteiger charge is 2.16. The van der Waals surface area contributed by atoms with Crippen molar-refractivity contribution in [1.82, 2.24) is 0 Å². The third kappa shape index (κ3) is 2.88. The molecule has 0 spiro atoms. The molecule has 0 aromatic heterocycles. The fourth-order valence-corrected chi connectivity index (χ4v) is 2.17. The van der Waals surface area contributed by atoms with Gasteiger partial charge in [0.15, 0.2) is 11.5 Å². The number of anilines is 1. The third-order valence-electron chi connectivity index (χ3n) is 3.34. The van der Waals surface area contributed by atoms with Gasteiger partial charge in [-0.1, -0.05) is 0 Å². The van der Waals surface area contributed by atoms with Gasteiger partial charge in [0, 0.05) is 30.8 Å². The normalized spacial score (nSPS) is 18.7. The molecule has 0 amide bonds.